The maximum absolute atomic E-state index is 11.8. The highest BCUT2D eigenvalue weighted by Gasteiger charge is 2.12. The number of aromatic nitrogens is 2. The Hall–Kier alpha value is -1.97. The lowest BCUT2D eigenvalue weighted by molar-refractivity contribution is -0.384. The number of nitro benzene ring substituents is 1. The second-order valence-corrected chi connectivity index (χ2v) is 4.99. The molecule has 0 radical (unpaired) electrons. The summed E-state index contributed by atoms with van der Waals surface area (Å²) in [6, 6.07) is 4.47. The number of nitro groups is 1. The third-order valence-electron chi connectivity index (χ3n) is 2.50. The van der Waals surface area contributed by atoms with Crippen molar-refractivity contribution in [3.8, 4) is 0 Å². The highest BCUT2D eigenvalue weighted by Crippen LogP contribution is 2.22. The maximum atomic E-state index is 11.8. The van der Waals surface area contributed by atoms with Crippen molar-refractivity contribution < 1.29 is 4.92 Å². The fourth-order valence-corrected chi connectivity index (χ4v) is 2.05. The zero-order valence-corrected chi connectivity index (χ0v) is 11.8. The molecule has 1 aromatic carbocycles. The molecule has 0 atom stereocenters. The van der Waals surface area contributed by atoms with Gasteiger partial charge in [-0.15, -0.1) is 0 Å². The predicted molar refractivity (Wildman–Crippen MR) is 77.8 cm³/mol. The van der Waals surface area contributed by atoms with Crippen LogP contribution in [0, 0.1) is 13.7 Å². The molecule has 0 aliphatic carbocycles. The first-order valence-electron chi connectivity index (χ1n) is 5.22. The number of benzene rings is 1. The molecular formula is C11H9IN4O3. The monoisotopic (exact) mass is 372 g/mol. The van der Waals surface area contributed by atoms with Crippen LogP contribution in [-0.4, -0.2) is 14.5 Å². The average molecular weight is 372 g/mol. The van der Waals surface area contributed by atoms with E-state index in [1.165, 1.54) is 29.2 Å². The molecule has 1 aromatic heterocycles. The predicted octanol–water partition coefficient (Wildman–Crippen LogP) is 1.39. The minimum Gasteiger partial charge on any atom is -0.393 e. The van der Waals surface area contributed by atoms with E-state index in [0.717, 1.165) is 0 Å². The molecule has 1 heterocycles. The maximum Gasteiger partial charge on any atom is 0.292 e. The van der Waals surface area contributed by atoms with Crippen molar-refractivity contribution in [1.29, 1.82) is 0 Å². The van der Waals surface area contributed by atoms with Crippen LogP contribution in [0.2, 0.25) is 0 Å². The summed E-state index contributed by atoms with van der Waals surface area (Å²) in [4.78, 5) is 26.0. The molecule has 0 aliphatic heterocycles. The third kappa shape index (κ3) is 2.89. The van der Waals surface area contributed by atoms with Gasteiger partial charge in [-0.3, -0.25) is 19.5 Å². The number of anilines is 1. The van der Waals surface area contributed by atoms with E-state index < -0.39 is 4.92 Å². The number of nitrogen functional groups attached to an aromatic ring is 1. The zero-order chi connectivity index (χ0) is 14.0. The van der Waals surface area contributed by atoms with E-state index in [2.05, 4.69) is 4.98 Å². The molecule has 2 rings (SSSR count). The second-order valence-electron chi connectivity index (χ2n) is 3.82. The van der Waals surface area contributed by atoms with Gasteiger partial charge in [-0.2, -0.15) is 0 Å². The van der Waals surface area contributed by atoms with Gasteiger partial charge in [0, 0.05) is 12.3 Å². The van der Waals surface area contributed by atoms with Crippen LogP contribution in [-0.2, 0) is 6.54 Å². The molecule has 8 heteroatoms. The summed E-state index contributed by atoms with van der Waals surface area (Å²) in [7, 11) is 0. The first-order valence-corrected chi connectivity index (χ1v) is 6.29. The highest BCUT2D eigenvalue weighted by atomic mass is 127. The molecule has 0 amide bonds. The van der Waals surface area contributed by atoms with Crippen LogP contribution in [0.25, 0.3) is 0 Å². The van der Waals surface area contributed by atoms with Crippen LogP contribution >= 0.6 is 22.6 Å². The normalized spacial score (nSPS) is 10.4. The molecule has 2 N–H and O–H groups in total. The van der Waals surface area contributed by atoms with Gasteiger partial charge in [0.1, 0.15) is 5.69 Å². The molecule has 98 valence electrons. The number of rotatable bonds is 3. The Morgan fingerprint density at radius 3 is 2.89 bits per heavy atom. The minimum atomic E-state index is -0.547. The summed E-state index contributed by atoms with van der Waals surface area (Å²) in [5.41, 5.74) is 5.88. The summed E-state index contributed by atoms with van der Waals surface area (Å²) >= 11 is 1.89. The second kappa shape index (κ2) is 5.34. The van der Waals surface area contributed by atoms with E-state index in [1.54, 1.807) is 6.07 Å². The fraction of sp³-hybridized carbons (Fsp3) is 0.0909. The Bertz CT molecular complexity index is 699. The molecule has 0 aliphatic rings. The fourth-order valence-electron chi connectivity index (χ4n) is 1.58. The van der Waals surface area contributed by atoms with Gasteiger partial charge in [0.25, 0.3) is 11.2 Å². The molecule has 0 saturated carbocycles. The van der Waals surface area contributed by atoms with Crippen LogP contribution in [0.15, 0.2) is 35.5 Å². The first kappa shape index (κ1) is 13.5. The molecule has 0 spiro atoms. The van der Waals surface area contributed by atoms with Crippen molar-refractivity contribution in [2.24, 2.45) is 0 Å². The lowest BCUT2D eigenvalue weighted by Crippen LogP contribution is -2.22. The van der Waals surface area contributed by atoms with Crippen LogP contribution in [0.5, 0.6) is 0 Å². The molecule has 0 unspecified atom stereocenters. The van der Waals surface area contributed by atoms with Crippen LogP contribution < -0.4 is 11.3 Å². The van der Waals surface area contributed by atoms with Crippen molar-refractivity contribution in [1.82, 2.24) is 9.55 Å². The average Bonchev–Trinajstić information content (AvgIpc) is 2.37. The van der Waals surface area contributed by atoms with Crippen molar-refractivity contribution in [3.05, 3.63) is 60.3 Å². The summed E-state index contributed by atoms with van der Waals surface area (Å²) in [6.07, 6.45) is 2.86. The lowest BCUT2D eigenvalue weighted by Gasteiger charge is -2.06. The van der Waals surface area contributed by atoms with E-state index in [4.69, 9.17) is 5.73 Å². The number of halogens is 1. The standard InChI is InChI=1S/C11H9IN4O3/c12-8-4-14-6-15(11(8)17)5-7-1-2-9(13)10(3-7)16(18)19/h1-4,6H,5,13H2. The van der Waals surface area contributed by atoms with Crippen molar-refractivity contribution >= 4 is 34.0 Å². The van der Waals surface area contributed by atoms with E-state index in [9.17, 15) is 14.9 Å². The van der Waals surface area contributed by atoms with Gasteiger partial charge >= 0.3 is 0 Å². The Kier molecular flexibility index (Phi) is 3.79. The largest absolute Gasteiger partial charge is 0.393 e. The molecule has 2 aromatic rings. The summed E-state index contributed by atoms with van der Waals surface area (Å²) in [5.74, 6) is 0. The Labute approximate surface area is 121 Å². The molecule has 19 heavy (non-hydrogen) atoms. The smallest absolute Gasteiger partial charge is 0.292 e. The highest BCUT2D eigenvalue weighted by molar-refractivity contribution is 14.1. The quantitative estimate of drug-likeness (QED) is 0.380. The van der Waals surface area contributed by atoms with Crippen LogP contribution in [0.4, 0.5) is 11.4 Å². The van der Waals surface area contributed by atoms with Gasteiger partial charge in [0.2, 0.25) is 0 Å². The van der Waals surface area contributed by atoms with Gasteiger partial charge in [-0.05, 0) is 34.2 Å². The van der Waals surface area contributed by atoms with E-state index >= 15 is 0 Å². The number of nitrogens with zero attached hydrogens (tertiary/aromatic N) is 3. The molecule has 0 fully saturated rings. The molecule has 0 bridgehead atoms. The molecule has 7 nitrogen and oxygen atoms in total. The van der Waals surface area contributed by atoms with Gasteiger partial charge in [0.05, 0.1) is 21.4 Å². The Morgan fingerprint density at radius 2 is 2.21 bits per heavy atom. The Morgan fingerprint density at radius 1 is 1.47 bits per heavy atom. The van der Waals surface area contributed by atoms with Gasteiger partial charge in [0.15, 0.2) is 0 Å². The first-order chi connectivity index (χ1) is 8.99. The van der Waals surface area contributed by atoms with Gasteiger partial charge < -0.3 is 5.73 Å². The molecular weight excluding hydrogens is 363 g/mol. The zero-order valence-electron chi connectivity index (χ0n) is 9.62. The summed E-state index contributed by atoms with van der Waals surface area (Å²) in [6.45, 7) is 0.212. The summed E-state index contributed by atoms with van der Waals surface area (Å²) in [5, 5.41) is 10.8. The number of hydrogen-bond donors (Lipinski definition) is 1. The van der Waals surface area contributed by atoms with E-state index in [1.807, 2.05) is 22.6 Å². The number of hydrogen-bond acceptors (Lipinski definition) is 5. The van der Waals surface area contributed by atoms with Gasteiger partial charge in [-0.25, -0.2) is 4.98 Å². The SMILES string of the molecule is Nc1ccc(Cn2cncc(I)c2=O)cc1[N+](=O)[O-]. The van der Waals surface area contributed by atoms with Crippen LogP contribution in [0.1, 0.15) is 5.56 Å². The Balaban J connectivity index is 2.39. The van der Waals surface area contributed by atoms with Crippen molar-refractivity contribution in [2.75, 3.05) is 5.73 Å². The topological polar surface area (TPSA) is 104 Å². The summed E-state index contributed by atoms with van der Waals surface area (Å²) < 4.78 is 1.88. The van der Waals surface area contributed by atoms with Gasteiger partial charge in [-0.1, -0.05) is 6.07 Å². The van der Waals surface area contributed by atoms with E-state index in [0.29, 0.717) is 9.13 Å². The van der Waals surface area contributed by atoms with Crippen LogP contribution in [0.3, 0.4) is 0 Å². The molecule has 0 saturated heterocycles. The third-order valence-corrected chi connectivity index (χ3v) is 3.24. The van der Waals surface area contributed by atoms with E-state index in [-0.39, 0.29) is 23.5 Å². The van der Waals surface area contributed by atoms with Crippen molar-refractivity contribution in [3.63, 3.8) is 0 Å². The van der Waals surface area contributed by atoms with Crippen molar-refractivity contribution in [2.45, 2.75) is 6.54 Å². The minimum absolute atomic E-state index is 0.0989. The number of nitrogens with two attached hydrogens (primary N) is 1. The lowest BCUT2D eigenvalue weighted by atomic mass is 10.1.